The lowest BCUT2D eigenvalue weighted by Gasteiger charge is -2.34. The van der Waals surface area contributed by atoms with Crippen molar-refractivity contribution in [3.8, 4) is 0 Å². The molecule has 0 spiro atoms. The standard InChI is InChI=1S/C19H17NO/c1-12-16(13-8-4-3-5-9-13)18-14-10-6-7-11-15(14)19(21)17(12)20(18)2/h3-11,17-18H,1-2H3. The summed E-state index contributed by atoms with van der Waals surface area (Å²) in [4.78, 5) is 15.0. The Kier molecular flexibility index (Phi) is 2.63. The molecule has 2 atom stereocenters. The van der Waals surface area contributed by atoms with Gasteiger partial charge < -0.3 is 0 Å². The Bertz CT molecular complexity index is 760. The minimum Gasteiger partial charge on any atom is -0.292 e. The van der Waals surface area contributed by atoms with Crippen molar-refractivity contribution in [2.24, 2.45) is 0 Å². The van der Waals surface area contributed by atoms with Crippen LogP contribution in [0.3, 0.4) is 0 Å². The smallest absolute Gasteiger partial charge is 0.184 e. The van der Waals surface area contributed by atoms with Crippen molar-refractivity contribution in [1.82, 2.24) is 4.90 Å². The number of ketones is 1. The van der Waals surface area contributed by atoms with Crippen LogP contribution in [0.15, 0.2) is 60.2 Å². The van der Waals surface area contributed by atoms with Gasteiger partial charge in [-0.05, 0) is 36.2 Å². The highest BCUT2D eigenvalue weighted by molar-refractivity contribution is 6.08. The first kappa shape index (κ1) is 12.5. The first-order valence-electron chi connectivity index (χ1n) is 7.31. The SMILES string of the molecule is CC1=C(c2ccccc2)C2c3ccccc3C(=O)C1N2C. The third-order valence-corrected chi connectivity index (χ3v) is 4.78. The van der Waals surface area contributed by atoms with E-state index in [0.29, 0.717) is 0 Å². The predicted octanol–water partition coefficient (Wildman–Crippen LogP) is 3.71. The zero-order valence-corrected chi connectivity index (χ0v) is 12.2. The van der Waals surface area contributed by atoms with E-state index in [1.807, 2.05) is 24.3 Å². The Hall–Kier alpha value is -2.19. The second kappa shape index (κ2) is 4.40. The van der Waals surface area contributed by atoms with Crippen molar-refractivity contribution in [3.63, 3.8) is 0 Å². The summed E-state index contributed by atoms with van der Waals surface area (Å²) in [6.45, 7) is 2.10. The normalized spacial score (nSPS) is 24.4. The van der Waals surface area contributed by atoms with Crippen molar-refractivity contribution in [3.05, 3.63) is 76.9 Å². The first-order valence-corrected chi connectivity index (χ1v) is 7.31. The number of benzene rings is 2. The fourth-order valence-corrected chi connectivity index (χ4v) is 3.89. The van der Waals surface area contributed by atoms with E-state index in [2.05, 4.69) is 49.2 Å². The summed E-state index contributed by atoms with van der Waals surface area (Å²) in [6.07, 6.45) is 0. The van der Waals surface area contributed by atoms with Gasteiger partial charge in [0.1, 0.15) is 0 Å². The molecule has 4 rings (SSSR count). The molecule has 0 aliphatic carbocycles. The highest BCUT2D eigenvalue weighted by atomic mass is 16.1. The number of likely N-dealkylation sites (N-methyl/N-ethyl adjacent to an activating group) is 1. The van der Waals surface area contributed by atoms with Gasteiger partial charge in [0, 0.05) is 5.56 Å². The summed E-state index contributed by atoms with van der Waals surface area (Å²) in [5.74, 6) is 0.229. The molecule has 2 aliphatic heterocycles. The molecule has 2 nitrogen and oxygen atoms in total. The number of rotatable bonds is 1. The molecule has 2 aromatic rings. The highest BCUT2D eigenvalue weighted by Crippen LogP contribution is 2.49. The quantitative estimate of drug-likeness (QED) is 0.790. The Morgan fingerprint density at radius 3 is 2.33 bits per heavy atom. The number of hydrogen-bond donors (Lipinski definition) is 0. The molecule has 2 aromatic carbocycles. The average Bonchev–Trinajstić information content (AvgIpc) is 2.72. The van der Waals surface area contributed by atoms with Crippen molar-refractivity contribution in [2.75, 3.05) is 7.05 Å². The lowest BCUT2D eigenvalue weighted by molar-refractivity contribution is 0.0854. The van der Waals surface area contributed by atoms with Crippen LogP contribution in [0.2, 0.25) is 0 Å². The maximum atomic E-state index is 12.8. The average molecular weight is 275 g/mol. The first-order chi connectivity index (χ1) is 10.2. The highest BCUT2D eigenvalue weighted by Gasteiger charge is 2.46. The van der Waals surface area contributed by atoms with Crippen LogP contribution in [-0.4, -0.2) is 23.8 Å². The molecule has 2 unspecified atom stereocenters. The van der Waals surface area contributed by atoms with Gasteiger partial charge in [-0.15, -0.1) is 0 Å². The fraction of sp³-hybridized carbons (Fsp3) is 0.211. The third kappa shape index (κ3) is 1.60. The van der Waals surface area contributed by atoms with E-state index in [0.717, 1.165) is 11.1 Å². The van der Waals surface area contributed by atoms with E-state index in [9.17, 15) is 4.79 Å². The molecule has 21 heavy (non-hydrogen) atoms. The number of carbonyl (C=O) groups is 1. The maximum Gasteiger partial charge on any atom is 0.184 e. The van der Waals surface area contributed by atoms with Gasteiger partial charge in [-0.1, -0.05) is 54.6 Å². The van der Waals surface area contributed by atoms with Crippen molar-refractivity contribution < 1.29 is 4.79 Å². The van der Waals surface area contributed by atoms with Gasteiger partial charge in [-0.25, -0.2) is 0 Å². The van der Waals surface area contributed by atoms with Crippen LogP contribution in [-0.2, 0) is 0 Å². The summed E-state index contributed by atoms with van der Waals surface area (Å²) in [5, 5.41) is 0. The minimum atomic E-state index is -0.111. The number of fused-ring (bicyclic) bond motifs is 4. The van der Waals surface area contributed by atoms with Crippen LogP contribution >= 0.6 is 0 Å². The van der Waals surface area contributed by atoms with E-state index in [-0.39, 0.29) is 17.9 Å². The van der Waals surface area contributed by atoms with Gasteiger partial charge in [-0.3, -0.25) is 9.69 Å². The molecule has 0 radical (unpaired) electrons. The zero-order valence-electron chi connectivity index (χ0n) is 12.2. The molecule has 0 fully saturated rings. The molecule has 2 bridgehead atoms. The van der Waals surface area contributed by atoms with Gasteiger partial charge >= 0.3 is 0 Å². The molecular formula is C19H17NO. The summed E-state index contributed by atoms with van der Waals surface area (Å²) in [6, 6.07) is 18.5. The van der Waals surface area contributed by atoms with Gasteiger partial charge in [0.15, 0.2) is 5.78 Å². The van der Waals surface area contributed by atoms with Crippen LogP contribution in [0.4, 0.5) is 0 Å². The van der Waals surface area contributed by atoms with Crippen molar-refractivity contribution in [2.45, 2.75) is 19.0 Å². The minimum absolute atomic E-state index is 0.111. The van der Waals surface area contributed by atoms with Crippen LogP contribution in [0.5, 0.6) is 0 Å². The molecular weight excluding hydrogens is 258 g/mol. The maximum absolute atomic E-state index is 12.8. The molecule has 0 N–H and O–H groups in total. The van der Waals surface area contributed by atoms with Crippen LogP contribution in [0.1, 0.15) is 34.5 Å². The summed E-state index contributed by atoms with van der Waals surface area (Å²) >= 11 is 0. The molecule has 2 heterocycles. The number of nitrogens with zero attached hydrogens (tertiary/aromatic N) is 1. The molecule has 2 aliphatic rings. The number of carbonyl (C=O) groups excluding carboxylic acids is 1. The number of Topliss-reactive ketones (excluding diaryl/α,β-unsaturated/α-hetero) is 1. The van der Waals surface area contributed by atoms with Crippen LogP contribution in [0.25, 0.3) is 5.57 Å². The number of hydrogen-bond acceptors (Lipinski definition) is 2. The Morgan fingerprint density at radius 2 is 1.57 bits per heavy atom. The topological polar surface area (TPSA) is 20.3 Å². The van der Waals surface area contributed by atoms with E-state index < -0.39 is 0 Å². The summed E-state index contributed by atoms with van der Waals surface area (Å²) < 4.78 is 0. The summed E-state index contributed by atoms with van der Waals surface area (Å²) in [5.41, 5.74) is 5.72. The fourth-order valence-electron chi connectivity index (χ4n) is 3.89. The second-order valence-electron chi connectivity index (χ2n) is 5.88. The molecule has 0 saturated heterocycles. The van der Waals surface area contributed by atoms with E-state index in [1.165, 1.54) is 16.7 Å². The van der Waals surface area contributed by atoms with Gasteiger partial charge in [-0.2, -0.15) is 0 Å². The van der Waals surface area contributed by atoms with Crippen molar-refractivity contribution in [1.29, 1.82) is 0 Å². The Balaban J connectivity index is 1.98. The Morgan fingerprint density at radius 1 is 0.905 bits per heavy atom. The largest absolute Gasteiger partial charge is 0.292 e. The predicted molar refractivity (Wildman–Crippen MR) is 84.1 cm³/mol. The molecule has 0 amide bonds. The van der Waals surface area contributed by atoms with Crippen LogP contribution < -0.4 is 0 Å². The monoisotopic (exact) mass is 275 g/mol. The second-order valence-corrected chi connectivity index (χ2v) is 5.88. The zero-order chi connectivity index (χ0) is 14.6. The molecule has 104 valence electrons. The third-order valence-electron chi connectivity index (χ3n) is 4.78. The van der Waals surface area contributed by atoms with Gasteiger partial charge in [0.25, 0.3) is 0 Å². The molecule has 2 heteroatoms. The van der Waals surface area contributed by atoms with E-state index in [1.54, 1.807) is 0 Å². The van der Waals surface area contributed by atoms with Crippen LogP contribution in [0, 0.1) is 0 Å². The molecule has 0 aromatic heterocycles. The van der Waals surface area contributed by atoms with Gasteiger partial charge in [0.05, 0.1) is 12.1 Å². The van der Waals surface area contributed by atoms with E-state index >= 15 is 0 Å². The lowest BCUT2D eigenvalue weighted by atomic mass is 9.88. The van der Waals surface area contributed by atoms with Crippen molar-refractivity contribution >= 4 is 11.4 Å². The van der Waals surface area contributed by atoms with E-state index in [4.69, 9.17) is 0 Å². The molecule has 0 saturated carbocycles. The Labute approximate surface area is 124 Å². The summed E-state index contributed by atoms with van der Waals surface area (Å²) in [7, 11) is 2.06. The van der Waals surface area contributed by atoms with Gasteiger partial charge in [0.2, 0.25) is 0 Å². The lowest BCUT2D eigenvalue weighted by Crippen LogP contribution is -2.41.